The second-order valence-corrected chi connectivity index (χ2v) is 29.9. The Morgan fingerprint density at radius 1 is 0.290 bits per heavy atom. The quantitative estimate of drug-likeness (QED) is 0.0320. The number of rotatable bonds is 82. The van der Waals surface area contributed by atoms with Gasteiger partial charge in [0.15, 0.2) is 0 Å². The van der Waals surface area contributed by atoms with E-state index in [1.165, 1.54) is 424 Å². The topological polar surface area (TPSA) is 95.9 Å². The molecule has 0 aliphatic carbocycles. The maximum absolute atomic E-state index is 12.6. The molecule has 0 heterocycles. The number of nitrogens with one attached hydrogen (secondary N) is 1. The van der Waals surface area contributed by atoms with Gasteiger partial charge >= 0.3 is 5.97 Å². The van der Waals surface area contributed by atoms with E-state index in [1.807, 2.05) is 6.08 Å². The first-order valence-corrected chi connectivity index (χ1v) is 43.1. The van der Waals surface area contributed by atoms with Crippen LogP contribution < -0.4 is 5.32 Å². The van der Waals surface area contributed by atoms with Crippen molar-refractivity contribution in [1.29, 1.82) is 0 Å². The second-order valence-electron chi connectivity index (χ2n) is 29.9. The second kappa shape index (κ2) is 82.8. The number of esters is 1. The number of ether oxygens (including phenoxy) is 1. The van der Waals surface area contributed by atoms with Crippen molar-refractivity contribution < 1.29 is 24.5 Å². The summed E-state index contributed by atoms with van der Waals surface area (Å²) < 4.78 is 5.50. The molecule has 0 rings (SSSR count). The summed E-state index contributed by atoms with van der Waals surface area (Å²) in [6, 6.07) is -0.624. The molecule has 1 amide bonds. The van der Waals surface area contributed by atoms with Gasteiger partial charge in [0.2, 0.25) is 5.91 Å². The molecular weight excluding hydrogens is 1140 g/mol. The van der Waals surface area contributed by atoms with Crippen LogP contribution in [0.4, 0.5) is 0 Å². The normalized spacial score (nSPS) is 12.5. The summed E-state index contributed by atoms with van der Waals surface area (Å²) in [7, 11) is 0. The van der Waals surface area contributed by atoms with Crippen molar-refractivity contribution in [3.05, 3.63) is 24.3 Å². The molecule has 0 aromatic heterocycles. The average molecular weight is 1310 g/mol. The molecule has 0 aliphatic heterocycles. The third-order valence-corrected chi connectivity index (χ3v) is 20.5. The van der Waals surface area contributed by atoms with Gasteiger partial charge in [-0.1, -0.05) is 449 Å². The third kappa shape index (κ3) is 79.2. The molecule has 6 heteroatoms. The van der Waals surface area contributed by atoms with E-state index < -0.39 is 12.1 Å². The molecule has 6 nitrogen and oxygen atoms in total. The zero-order valence-electron chi connectivity index (χ0n) is 63.5. The Morgan fingerprint density at radius 2 is 0.505 bits per heavy atom. The molecule has 0 bridgehead atoms. The Balaban J connectivity index is 3.31. The molecule has 0 saturated heterocycles. The van der Waals surface area contributed by atoms with Crippen molar-refractivity contribution >= 4 is 11.9 Å². The summed E-state index contributed by atoms with van der Waals surface area (Å²) in [4.78, 5) is 24.6. The van der Waals surface area contributed by atoms with Crippen LogP contribution >= 0.6 is 0 Å². The van der Waals surface area contributed by atoms with Crippen LogP contribution in [0, 0.1) is 0 Å². The number of aliphatic hydroxyl groups is 2. The number of hydrogen-bond donors (Lipinski definition) is 3. The van der Waals surface area contributed by atoms with E-state index in [0.29, 0.717) is 19.4 Å². The van der Waals surface area contributed by atoms with Gasteiger partial charge in [0.05, 0.1) is 25.4 Å². The number of aliphatic hydroxyl groups excluding tert-OH is 2. The highest BCUT2D eigenvalue weighted by Gasteiger charge is 2.18. The maximum Gasteiger partial charge on any atom is 0.305 e. The van der Waals surface area contributed by atoms with Crippen molar-refractivity contribution in [3.63, 3.8) is 0 Å². The highest BCUT2D eigenvalue weighted by molar-refractivity contribution is 5.76. The predicted molar refractivity (Wildman–Crippen MR) is 412 cm³/mol. The number of amides is 1. The lowest BCUT2D eigenvalue weighted by atomic mass is 10.0. The largest absolute Gasteiger partial charge is 0.466 e. The fourth-order valence-electron chi connectivity index (χ4n) is 13.9. The molecule has 552 valence electrons. The van der Waals surface area contributed by atoms with Gasteiger partial charge in [-0.2, -0.15) is 0 Å². The lowest BCUT2D eigenvalue weighted by Gasteiger charge is -2.20. The van der Waals surface area contributed by atoms with Gasteiger partial charge in [-0.3, -0.25) is 9.59 Å². The molecular formula is C87H169NO5. The minimum Gasteiger partial charge on any atom is -0.466 e. The van der Waals surface area contributed by atoms with E-state index in [1.54, 1.807) is 6.08 Å². The van der Waals surface area contributed by atoms with Gasteiger partial charge in [-0.05, 0) is 57.8 Å². The fourth-order valence-corrected chi connectivity index (χ4v) is 13.9. The van der Waals surface area contributed by atoms with E-state index in [2.05, 4.69) is 31.3 Å². The Bertz CT molecular complexity index is 1460. The fraction of sp³-hybridized carbons (Fsp3) is 0.931. The van der Waals surface area contributed by atoms with Crippen molar-refractivity contribution in [3.8, 4) is 0 Å². The van der Waals surface area contributed by atoms with Crippen LogP contribution in [0.3, 0.4) is 0 Å². The van der Waals surface area contributed by atoms with Crippen molar-refractivity contribution in [2.75, 3.05) is 13.2 Å². The zero-order valence-corrected chi connectivity index (χ0v) is 63.5. The van der Waals surface area contributed by atoms with Crippen molar-refractivity contribution in [2.45, 2.75) is 508 Å². The van der Waals surface area contributed by atoms with Gasteiger partial charge in [-0.15, -0.1) is 0 Å². The monoisotopic (exact) mass is 1310 g/mol. The highest BCUT2D eigenvalue weighted by Crippen LogP contribution is 2.21. The lowest BCUT2D eigenvalue weighted by Crippen LogP contribution is -2.45. The highest BCUT2D eigenvalue weighted by atomic mass is 16.5. The Hall–Kier alpha value is -1.66. The predicted octanol–water partition coefficient (Wildman–Crippen LogP) is 28.8. The molecule has 0 fully saturated rings. The zero-order chi connectivity index (χ0) is 67.0. The first-order chi connectivity index (χ1) is 46.0. The van der Waals surface area contributed by atoms with Gasteiger partial charge in [0, 0.05) is 12.8 Å². The molecule has 0 aromatic rings. The molecule has 0 spiro atoms. The number of allylic oxidation sites excluding steroid dienone is 3. The first kappa shape index (κ1) is 91.3. The minimum atomic E-state index is -0.841. The molecule has 0 saturated carbocycles. The third-order valence-electron chi connectivity index (χ3n) is 20.5. The number of hydrogen-bond acceptors (Lipinski definition) is 5. The van der Waals surface area contributed by atoms with Gasteiger partial charge in [0.25, 0.3) is 0 Å². The minimum absolute atomic E-state index is 0.0170. The van der Waals surface area contributed by atoms with Gasteiger partial charge < -0.3 is 20.3 Å². The molecule has 0 aliphatic rings. The Kier molecular flexibility index (Phi) is 81.3. The smallest absolute Gasteiger partial charge is 0.305 e. The molecule has 93 heavy (non-hydrogen) atoms. The van der Waals surface area contributed by atoms with Crippen LogP contribution in [0.1, 0.15) is 495 Å². The molecule has 0 radical (unpaired) electrons. The van der Waals surface area contributed by atoms with Crippen LogP contribution in [-0.2, 0) is 14.3 Å². The van der Waals surface area contributed by atoms with Gasteiger partial charge in [0.1, 0.15) is 0 Å². The van der Waals surface area contributed by atoms with Crippen LogP contribution in [-0.4, -0.2) is 47.4 Å². The van der Waals surface area contributed by atoms with Crippen molar-refractivity contribution in [1.82, 2.24) is 5.32 Å². The molecule has 2 unspecified atom stereocenters. The van der Waals surface area contributed by atoms with Crippen molar-refractivity contribution in [2.24, 2.45) is 0 Å². The lowest BCUT2D eigenvalue weighted by molar-refractivity contribution is -0.143. The summed E-state index contributed by atoms with van der Waals surface area (Å²) in [6.45, 7) is 4.96. The van der Waals surface area contributed by atoms with Crippen LogP contribution in [0.5, 0.6) is 0 Å². The van der Waals surface area contributed by atoms with E-state index in [4.69, 9.17) is 4.74 Å². The number of carbonyl (C=O) groups excluding carboxylic acids is 2. The van der Waals surface area contributed by atoms with Crippen LogP contribution in [0.25, 0.3) is 0 Å². The van der Waals surface area contributed by atoms with Gasteiger partial charge in [-0.25, -0.2) is 0 Å². The van der Waals surface area contributed by atoms with E-state index >= 15 is 0 Å². The Labute approximate surface area is 583 Å². The summed E-state index contributed by atoms with van der Waals surface area (Å²) in [6.07, 6.45) is 108. The Morgan fingerprint density at radius 3 is 0.763 bits per heavy atom. The summed E-state index contributed by atoms with van der Waals surface area (Å²) in [5.41, 5.74) is 0. The van der Waals surface area contributed by atoms with Crippen LogP contribution in [0.15, 0.2) is 24.3 Å². The van der Waals surface area contributed by atoms with Crippen LogP contribution in [0.2, 0.25) is 0 Å². The molecule has 3 N–H and O–H groups in total. The molecule has 0 aromatic carbocycles. The SMILES string of the molecule is CCCCCCCC/C=C\CCCCCCCC(=O)OCCCCCCCCCCCCCCCCCCCCCCCCCCCCCCCCCCCCCCCCCC(=O)NC(CO)C(O)/C=C/CCCCCCCCCCCCCCCCCCCCCC. The number of unbranched alkanes of at least 4 members (excludes halogenated alkanes) is 69. The summed E-state index contributed by atoms with van der Waals surface area (Å²) >= 11 is 0. The van der Waals surface area contributed by atoms with E-state index in [-0.39, 0.29) is 18.5 Å². The summed E-state index contributed by atoms with van der Waals surface area (Å²) in [5.74, 6) is -0.0394. The van der Waals surface area contributed by atoms with E-state index in [9.17, 15) is 19.8 Å². The molecule has 2 atom stereocenters. The first-order valence-electron chi connectivity index (χ1n) is 43.1. The average Bonchev–Trinajstić information content (AvgIpc) is 3.78. The standard InChI is InChI=1S/C87H169NO5/c1-3-5-7-9-11-13-15-17-19-20-21-22-42-45-48-52-55-59-63-67-71-75-79-85(90)84(83-89)88-86(91)80-76-72-68-64-60-56-53-49-46-43-40-38-36-34-32-30-28-26-24-23-25-27-29-31-33-35-37-39-41-44-47-50-54-58-62-66-70-74-78-82-93-87(92)81-77-73-69-65-61-57-51-18-16-14-12-10-8-6-4-2/h18,51,75,79,84-85,89-90H,3-17,19-50,52-74,76-78,80-83H2,1-2H3,(H,88,91)/b51-18-,79-75+. The maximum atomic E-state index is 12.6. The van der Waals surface area contributed by atoms with E-state index in [0.717, 1.165) is 44.9 Å². The summed E-state index contributed by atoms with van der Waals surface area (Å²) in [5, 5.41) is 23.3. The number of carbonyl (C=O) groups is 2.